The molecule has 0 saturated heterocycles. The first kappa shape index (κ1) is 12.8. The summed E-state index contributed by atoms with van der Waals surface area (Å²) in [5.41, 5.74) is 0.0886. The third-order valence-corrected chi connectivity index (χ3v) is 2.75. The second kappa shape index (κ2) is 4.93. The number of hydrogen-bond acceptors (Lipinski definition) is 4. The first-order valence-corrected chi connectivity index (χ1v) is 5.61. The van der Waals surface area contributed by atoms with E-state index in [0.717, 1.165) is 0 Å². The van der Waals surface area contributed by atoms with Crippen molar-refractivity contribution >= 4 is 28.5 Å². The first-order chi connectivity index (χ1) is 9.00. The summed E-state index contributed by atoms with van der Waals surface area (Å²) in [4.78, 5) is 26.1. The van der Waals surface area contributed by atoms with E-state index in [4.69, 9.17) is 5.11 Å². The van der Waals surface area contributed by atoms with Crippen molar-refractivity contribution in [3.8, 4) is 0 Å². The Morgan fingerprint density at radius 1 is 1.26 bits per heavy atom. The Morgan fingerprint density at radius 2 is 2.00 bits per heavy atom. The van der Waals surface area contributed by atoms with E-state index in [1.165, 1.54) is 19.2 Å². The van der Waals surface area contributed by atoms with E-state index in [1.807, 2.05) is 0 Å². The van der Waals surface area contributed by atoms with E-state index >= 15 is 0 Å². The van der Waals surface area contributed by atoms with Crippen LogP contribution in [0.15, 0.2) is 30.5 Å². The van der Waals surface area contributed by atoms with Crippen LogP contribution in [0.2, 0.25) is 0 Å². The van der Waals surface area contributed by atoms with E-state index in [1.54, 1.807) is 18.2 Å². The van der Waals surface area contributed by atoms with Gasteiger partial charge in [-0.3, -0.25) is 4.79 Å². The molecule has 2 aromatic rings. The van der Waals surface area contributed by atoms with Gasteiger partial charge < -0.3 is 15.5 Å². The lowest BCUT2D eigenvalue weighted by Gasteiger charge is -2.13. The van der Waals surface area contributed by atoms with Crippen molar-refractivity contribution in [1.82, 2.24) is 4.98 Å². The Balaban J connectivity index is 2.61. The summed E-state index contributed by atoms with van der Waals surface area (Å²) in [5.74, 6) is -1.86. The predicted molar refractivity (Wildman–Crippen MR) is 69.4 cm³/mol. The Hall–Kier alpha value is -2.63. The smallest absolute Gasteiger partial charge is 0.336 e. The molecule has 0 aliphatic carbocycles. The minimum Gasteiger partial charge on any atom is -0.480 e. The molecule has 0 bridgehead atoms. The number of nitrogens with zero attached hydrogens (tertiary/aromatic N) is 1. The number of fused-ring (bicyclic) bond motifs is 1. The molecule has 19 heavy (non-hydrogen) atoms. The van der Waals surface area contributed by atoms with Gasteiger partial charge in [0.15, 0.2) is 0 Å². The maximum Gasteiger partial charge on any atom is 0.336 e. The number of aliphatic carboxylic acids is 1. The minimum atomic E-state index is -1.08. The number of anilines is 1. The monoisotopic (exact) mass is 260 g/mol. The largest absolute Gasteiger partial charge is 0.480 e. The number of aromatic nitrogens is 1. The number of pyridine rings is 1. The van der Waals surface area contributed by atoms with Gasteiger partial charge >= 0.3 is 11.9 Å². The van der Waals surface area contributed by atoms with Gasteiger partial charge in [0, 0.05) is 11.6 Å². The van der Waals surface area contributed by atoms with E-state index in [9.17, 15) is 14.7 Å². The molecule has 1 heterocycles. The summed E-state index contributed by atoms with van der Waals surface area (Å²) in [6.07, 6.45) is 1.50. The highest BCUT2D eigenvalue weighted by Gasteiger charge is 2.16. The van der Waals surface area contributed by atoms with Gasteiger partial charge in [-0.15, -0.1) is 0 Å². The second-order valence-corrected chi connectivity index (χ2v) is 4.07. The zero-order valence-electron chi connectivity index (χ0n) is 10.1. The van der Waals surface area contributed by atoms with Gasteiger partial charge in [-0.05, 0) is 24.4 Å². The Kier molecular flexibility index (Phi) is 3.33. The number of carbonyl (C=O) groups is 2. The fourth-order valence-corrected chi connectivity index (χ4v) is 1.78. The highest BCUT2D eigenvalue weighted by molar-refractivity contribution is 6.08. The van der Waals surface area contributed by atoms with Crippen LogP contribution in [-0.4, -0.2) is 33.2 Å². The number of hydrogen-bond donors (Lipinski definition) is 3. The molecule has 0 aliphatic rings. The summed E-state index contributed by atoms with van der Waals surface area (Å²) in [5, 5.41) is 21.9. The minimum absolute atomic E-state index is 0.0886. The standard InChI is InChI=1S/C13H12N2O4/c1-7(12(16)17)15-11-10-8(5-6-14-11)3-2-4-9(10)13(18)19/h2-7H,1H3,(H,14,15)(H,16,17)(H,18,19). The fraction of sp³-hybridized carbons (Fsp3) is 0.154. The Morgan fingerprint density at radius 3 is 2.63 bits per heavy atom. The number of rotatable bonds is 4. The Bertz CT molecular complexity index is 649. The van der Waals surface area contributed by atoms with Gasteiger partial charge in [0.05, 0.1) is 5.56 Å². The van der Waals surface area contributed by atoms with Crippen LogP contribution in [0.4, 0.5) is 5.82 Å². The maximum absolute atomic E-state index is 11.2. The number of nitrogens with one attached hydrogen (secondary N) is 1. The molecule has 1 aromatic heterocycles. The molecule has 6 heteroatoms. The number of aromatic carboxylic acids is 1. The van der Waals surface area contributed by atoms with Crippen LogP contribution in [0.3, 0.4) is 0 Å². The number of carboxylic acids is 2. The van der Waals surface area contributed by atoms with Crippen LogP contribution in [0, 0.1) is 0 Å². The summed E-state index contributed by atoms with van der Waals surface area (Å²) in [6, 6.07) is 5.66. The Labute approximate surface area is 108 Å². The molecule has 6 nitrogen and oxygen atoms in total. The highest BCUT2D eigenvalue weighted by Crippen LogP contribution is 2.25. The third-order valence-electron chi connectivity index (χ3n) is 2.75. The van der Waals surface area contributed by atoms with Crippen LogP contribution in [0.1, 0.15) is 17.3 Å². The van der Waals surface area contributed by atoms with Crippen molar-refractivity contribution in [2.75, 3.05) is 5.32 Å². The summed E-state index contributed by atoms with van der Waals surface area (Å²) in [7, 11) is 0. The van der Waals surface area contributed by atoms with Crippen LogP contribution in [0.5, 0.6) is 0 Å². The lowest BCUT2D eigenvalue weighted by Crippen LogP contribution is -2.26. The van der Waals surface area contributed by atoms with Crippen molar-refractivity contribution < 1.29 is 19.8 Å². The van der Waals surface area contributed by atoms with Crippen molar-refractivity contribution in [3.63, 3.8) is 0 Å². The van der Waals surface area contributed by atoms with Crippen LogP contribution < -0.4 is 5.32 Å². The molecule has 0 amide bonds. The normalized spacial score (nSPS) is 12.1. The molecule has 3 N–H and O–H groups in total. The van der Waals surface area contributed by atoms with Crippen LogP contribution in [0.25, 0.3) is 10.8 Å². The van der Waals surface area contributed by atoms with Gasteiger partial charge in [-0.2, -0.15) is 0 Å². The molecule has 0 aliphatic heterocycles. The molecule has 98 valence electrons. The van der Waals surface area contributed by atoms with Gasteiger partial charge in [-0.1, -0.05) is 12.1 Å². The van der Waals surface area contributed by atoms with Crippen molar-refractivity contribution in [1.29, 1.82) is 0 Å². The van der Waals surface area contributed by atoms with E-state index in [2.05, 4.69) is 10.3 Å². The quantitative estimate of drug-likeness (QED) is 0.775. The van der Waals surface area contributed by atoms with Crippen molar-refractivity contribution in [2.24, 2.45) is 0 Å². The molecule has 1 unspecified atom stereocenters. The summed E-state index contributed by atoms with van der Waals surface area (Å²) >= 11 is 0. The topological polar surface area (TPSA) is 99.5 Å². The summed E-state index contributed by atoms with van der Waals surface area (Å²) < 4.78 is 0. The van der Waals surface area contributed by atoms with Gasteiger partial charge in [0.1, 0.15) is 11.9 Å². The average Bonchev–Trinajstić information content (AvgIpc) is 2.38. The van der Waals surface area contributed by atoms with Gasteiger partial charge in [0.2, 0.25) is 0 Å². The fourth-order valence-electron chi connectivity index (χ4n) is 1.78. The highest BCUT2D eigenvalue weighted by atomic mass is 16.4. The number of benzene rings is 1. The molecule has 2 rings (SSSR count). The molecular weight excluding hydrogens is 248 g/mol. The molecule has 1 aromatic carbocycles. The van der Waals surface area contributed by atoms with Gasteiger partial charge in [-0.25, -0.2) is 9.78 Å². The van der Waals surface area contributed by atoms with Gasteiger partial charge in [0.25, 0.3) is 0 Å². The predicted octanol–water partition coefficient (Wildman–Crippen LogP) is 1.82. The van der Waals surface area contributed by atoms with E-state index in [-0.39, 0.29) is 11.4 Å². The van der Waals surface area contributed by atoms with E-state index < -0.39 is 18.0 Å². The molecule has 1 atom stereocenters. The SMILES string of the molecule is CC(Nc1nccc2cccc(C(=O)O)c12)C(=O)O. The molecule has 0 saturated carbocycles. The molecule has 0 radical (unpaired) electrons. The molecule has 0 spiro atoms. The van der Waals surface area contributed by atoms with Crippen LogP contribution >= 0.6 is 0 Å². The summed E-state index contributed by atoms with van der Waals surface area (Å²) in [6.45, 7) is 1.46. The van der Waals surface area contributed by atoms with Crippen molar-refractivity contribution in [2.45, 2.75) is 13.0 Å². The average molecular weight is 260 g/mol. The second-order valence-electron chi connectivity index (χ2n) is 4.07. The first-order valence-electron chi connectivity index (χ1n) is 5.61. The van der Waals surface area contributed by atoms with Crippen LogP contribution in [-0.2, 0) is 4.79 Å². The van der Waals surface area contributed by atoms with E-state index in [0.29, 0.717) is 10.8 Å². The number of carboxylic acid groups (broad SMARTS) is 2. The molecular formula is C13H12N2O4. The van der Waals surface area contributed by atoms with Crippen molar-refractivity contribution in [3.05, 3.63) is 36.0 Å². The lowest BCUT2D eigenvalue weighted by molar-refractivity contribution is -0.137. The maximum atomic E-state index is 11.2. The third kappa shape index (κ3) is 2.47. The zero-order chi connectivity index (χ0) is 14.0. The lowest BCUT2D eigenvalue weighted by atomic mass is 10.1. The zero-order valence-corrected chi connectivity index (χ0v) is 10.1. The molecule has 0 fully saturated rings.